The fourth-order valence-corrected chi connectivity index (χ4v) is 2.42. The summed E-state index contributed by atoms with van der Waals surface area (Å²) in [5.74, 6) is -0.0787. The van der Waals surface area contributed by atoms with Gasteiger partial charge in [-0.2, -0.15) is 0 Å². The van der Waals surface area contributed by atoms with Gasteiger partial charge in [0.15, 0.2) is 0 Å². The van der Waals surface area contributed by atoms with Gasteiger partial charge in [-0.05, 0) is 18.8 Å². The van der Waals surface area contributed by atoms with Crippen LogP contribution in [0.1, 0.15) is 91.9 Å². The van der Waals surface area contributed by atoms with Gasteiger partial charge in [0, 0.05) is 0 Å². The molecule has 0 saturated heterocycles. The van der Waals surface area contributed by atoms with E-state index in [9.17, 15) is 9.59 Å². The molecule has 5 nitrogen and oxygen atoms in total. The Morgan fingerprint density at radius 1 is 0.840 bits per heavy atom. The first kappa shape index (κ1) is 23.7. The zero-order valence-electron chi connectivity index (χ0n) is 16.8. The van der Waals surface area contributed by atoms with Crippen molar-refractivity contribution in [2.75, 3.05) is 13.2 Å². The van der Waals surface area contributed by atoms with E-state index in [1.165, 1.54) is 32.1 Å². The first-order valence-electron chi connectivity index (χ1n) is 10.1. The van der Waals surface area contributed by atoms with E-state index >= 15 is 0 Å². The summed E-state index contributed by atoms with van der Waals surface area (Å²) < 4.78 is 10.4. The molecule has 0 aromatic rings. The number of hydrogen-bond acceptors (Lipinski definition) is 4. The van der Waals surface area contributed by atoms with Crippen molar-refractivity contribution in [2.24, 2.45) is 5.92 Å². The van der Waals surface area contributed by atoms with Gasteiger partial charge in [-0.3, -0.25) is 0 Å². The van der Waals surface area contributed by atoms with Gasteiger partial charge in [0.1, 0.15) is 6.04 Å². The Morgan fingerprint density at radius 2 is 1.44 bits per heavy atom. The number of rotatable bonds is 15. The van der Waals surface area contributed by atoms with Crippen LogP contribution in [0.4, 0.5) is 4.79 Å². The van der Waals surface area contributed by atoms with Gasteiger partial charge in [-0.1, -0.05) is 79.1 Å². The monoisotopic (exact) mass is 357 g/mol. The maximum Gasteiger partial charge on any atom is 0.407 e. The molecule has 0 saturated carbocycles. The third-order valence-electron chi connectivity index (χ3n) is 3.96. The molecule has 0 aromatic heterocycles. The fraction of sp³-hybridized carbons (Fsp3) is 0.900. The molecular formula is C20H39NO4. The fourth-order valence-electron chi connectivity index (χ4n) is 2.42. The van der Waals surface area contributed by atoms with Crippen LogP contribution in [-0.2, 0) is 14.3 Å². The molecule has 0 bridgehead atoms. The molecule has 1 amide bonds. The van der Waals surface area contributed by atoms with Gasteiger partial charge in [0.25, 0.3) is 0 Å². The van der Waals surface area contributed by atoms with E-state index in [0.29, 0.717) is 19.6 Å². The van der Waals surface area contributed by atoms with E-state index in [4.69, 9.17) is 9.47 Å². The van der Waals surface area contributed by atoms with Crippen molar-refractivity contribution in [2.45, 2.75) is 97.9 Å². The molecule has 0 spiro atoms. The third kappa shape index (κ3) is 14.8. The zero-order valence-corrected chi connectivity index (χ0v) is 16.8. The molecule has 0 heterocycles. The third-order valence-corrected chi connectivity index (χ3v) is 3.96. The van der Waals surface area contributed by atoms with Crippen molar-refractivity contribution < 1.29 is 19.1 Å². The second-order valence-corrected chi connectivity index (χ2v) is 7.12. The summed E-state index contributed by atoms with van der Waals surface area (Å²) in [6.07, 6.45) is 10.1. The molecule has 0 aliphatic carbocycles. The number of unbranched alkanes of at least 4 members (excludes halogenated alkanes) is 7. The zero-order chi connectivity index (χ0) is 18.9. The molecule has 5 heteroatoms. The standard InChI is InChI=1S/C20H39NO4/c1-5-7-9-10-11-12-13-15-24-19(22)18(14-8-6-2)21-20(23)25-16-17(3)4/h17-18H,5-16H2,1-4H3,(H,21,23). The first-order chi connectivity index (χ1) is 12.0. The minimum absolute atomic E-state index is 0.268. The van der Waals surface area contributed by atoms with Crippen LogP contribution in [0, 0.1) is 5.92 Å². The minimum Gasteiger partial charge on any atom is -0.464 e. The Bertz CT molecular complexity index is 345. The summed E-state index contributed by atoms with van der Waals surface area (Å²) in [7, 11) is 0. The molecule has 25 heavy (non-hydrogen) atoms. The number of nitrogens with one attached hydrogen (secondary N) is 1. The predicted molar refractivity (Wildman–Crippen MR) is 102 cm³/mol. The Labute approximate surface area is 154 Å². The van der Waals surface area contributed by atoms with Crippen molar-refractivity contribution in [1.82, 2.24) is 5.32 Å². The number of hydrogen-bond donors (Lipinski definition) is 1. The number of alkyl carbamates (subject to hydrolysis) is 1. The lowest BCUT2D eigenvalue weighted by Gasteiger charge is -2.18. The Hall–Kier alpha value is -1.26. The normalized spacial score (nSPS) is 12.0. The van der Waals surface area contributed by atoms with Crippen molar-refractivity contribution in [3.63, 3.8) is 0 Å². The molecule has 1 N–H and O–H groups in total. The quantitative estimate of drug-likeness (QED) is 0.322. The summed E-state index contributed by atoms with van der Waals surface area (Å²) >= 11 is 0. The highest BCUT2D eigenvalue weighted by Gasteiger charge is 2.22. The van der Waals surface area contributed by atoms with Crippen molar-refractivity contribution in [3.8, 4) is 0 Å². The van der Waals surface area contributed by atoms with E-state index in [1.807, 2.05) is 13.8 Å². The number of esters is 1. The molecular weight excluding hydrogens is 318 g/mol. The first-order valence-corrected chi connectivity index (χ1v) is 10.1. The second-order valence-electron chi connectivity index (χ2n) is 7.12. The van der Waals surface area contributed by atoms with E-state index in [2.05, 4.69) is 19.2 Å². The average Bonchev–Trinajstić information content (AvgIpc) is 2.58. The predicted octanol–water partition coefficient (Wildman–Crippen LogP) is 5.22. The van der Waals surface area contributed by atoms with Crippen LogP contribution in [0.5, 0.6) is 0 Å². The maximum absolute atomic E-state index is 12.2. The minimum atomic E-state index is -0.607. The van der Waals surface area contributed by atoms with Crippen molar-refractivity contribution in [1.29, 1.82) is 0 Å². The van der Waals surface area contributed by atoms with Gasteiger partial charge in [0.05, 0.1) is 13.2 Å². The van der Waals surface area contributed by atoms with Crippen LogP contribution in [0.3, 0.4) is 0 Å². The lowest BCUT2D eigenvalue weighted by molar-refractivity contribution is -0.146. The lowest BCUT2D eigenvalue weighted by atomic mass is 10.1. The molecule has 1 unspecified atom stereocenters. The summed E-state index contributed by atoms with van der Waals surface area (Å²) in [6, 6.07) is -0.607. The number of carbonyl (C=O) groups excluding carboxylic acids is 2. The topological polar surface area (TPSA) is 64.6 Å². The summed E-state index contributed by atoms with van der Waals surface area (Å²) in [6.45, 7) is 8.98. The van der Waals surface area contributed by atoms with Crippen LogP contribution in [0.2, 0.25) is 0 Å². The van der Waals surface area contributed by atoms with Gasteiger partial charge < -0.3 is 14.8 Å². The van der Waals surface area contributed by atoms with E-state index in [1.54, 1.807) is 0 Å². The van der Waals surface area contributed by atoms with Gasteiger partial charge >= 0.3 is 12.1 Å². The molecule has 0 radical (unpaired) electrons. The SMILES string of the molecule is CCCCCCCCCOC(=O)C(CCCC)NC(=O)OCC(C)C. The van der Waals surface area contributed by atoms with Crippen molar-refractivity contribution in [3.05, 3.63) is 0 Å². The van der Waals surface area contributed by atoms with E-state index in [0.717, 1.165) is 25.7 Å². The van der Waals surface area contributed by atoms with Crippen LogP contribution < -0.4 is 5.32 Å². The largest absolute Gasteiger partial charge is 0.464 e. The molecule has 0 aliphatic rings. The molecule has 1 atom stereocenters. The van der Waals surface area contributed by atoms with Crippen LogP contribution in [0.15, 0.2) is 0 Å². The van der Waals surface area contributed by atoms with Crippen LogP contribution >= 0.6 is 0 Å². The highest BCUT2D eigenvalue weighted by molar-refractivity contribution is 5.81. The Balaban J connectivity index is 4.03. The van der Waals surface area contributed by atoms with E-state index < -0.39 is 12.1 Å². The maximum atomic E-state index is 12.2. The van der Waals surface area contributed by atoms with Crippen LogP contribution in [0.25, 0.3) is 0 Å². The molecule has 148 valence electrons. The van der Waals surface area contributed by atoms with Gasteiger partial charge in [-0.25, -0.2) is 9.59 Å². The number of amides is 1. The summed E-state index contributed by atoms with van der Waals surface area (Å²) in [5.41, 5.74) is 0. The van der Waals surface area contributed by atoms with Crippen molar-refractivity contribution >= 4 is 12.1 Å². The molecule has 0 fully saturated rings. The Morgan fingerprint density at radius 3 is 2.04 bits per heavy atom. The highest BCUT2D eigenvalue weighted by atomic mass is 16.6. The summed E-state index contributed by atoms with van der Waals surface area (Å²) in [4.78, 5) is 24.0. The number of ether oxygens (including phenoxy) is 2. The van der Waals surface area contributed by atoms with Gasteiger partial charge in [0.2, 0.25) is 0 Å². The van der Waals surface area contributed by atoms with Crippen LogP contribution in [-0.4, -0.2) is 31.3 Å². The van der Waals surface area contributed by atoms with Gasteiger partial charge in [-0.15, -0.1) is 0 Å². The number of carbonyl (C=O) groups is 2. The van der Waals surface area contributed by atoms with E-state index in [-0.39, 0.29) is 11.9 Å². The second kappa shape index (κ2) is 16.2. The molecule has 0 aromatic carbocycles. The molecule has 0 aliphatic heterocycles. The average molecular weight is 358 g/mol. The molecule has 0 rings (SSSR count). The highest BCUT2D eigenvalue weighted by Crippen LogP contribution is 2.08. The lowest BCUT2D eigenvalue weighted by Crippen LogP contribution is -2.42. The Kier molecular flexibility index (Phi) is 15.4. The summed E-state index contributed by atoms with van der Waals surface area (Å²) in [5, 5.41) is 2.65. The smallest absolute Gasteiger partial charge is 0.407 e.